The number of halogens is 2. The van der Waals surface area contributed by atoms with Gasteiger partial charge in [-0.25, -0.2) is 18.7 Å². The molecule has 1 unspecified atom stereocenters. The van der Waals surface area contributed by atoms with Crippen LogP contribution in [0.3, 0.4) is 0 Å². The molecule has 4 atom stereocenters. The number of anilines is 4. The van der Waals surface area contributed by atoms with Crippen molar-refractivity contribution in [3.63, 3.8) is 0 Å². The summed E-state index contributed by atoms with van der Waals surface area (Å²) in [6.45, 7) is 3.99. The lowest BCUT2D eigenvalue weighted by atomic mass is 9.80. The number of para-hydroxylation sites is 1. The van der Waals surface area contributed by atoms with Crippen molar-refractivity contribution < 1.29 is 23.5 Å². The Balaban J connectivity index is 0.873. The molecule has 5 heterocycles. The first kappa shape index (κ1) is 40.3. The highest BCUT2D eigenvalue weighted by Gasteiger charge is 2.47. The number of phenolic OH excluding ortho intramolecular Hbond substituents is 1. The van der Waals surface area contributed by atoms with Crippen LogP contribution in [0.4, 0.5) is 31.9 Å². The summed E-state index contributed by atoms with van der Waals surface area (Å²) < 4.78 is 32.0. The number of nitrogens with one attached hydrogen (secondary N) is 2. The van der Waals surface area contributed by atoms with Gasteiger partial charge in [-0.3, -0.25) is 19.8 Å². The van der Waals surface area contributed by atoms with Crippen LogP contribution in [0, 0.1) is 5.92 Å². The van der Waals surface area contributed by atoms with Gasteiger partial charge in [-0.1, -0.05) is 31.2 Å². The average Bonchev–Trinajstić information content (AvgIpc) is 3.41. The topological polar surface area (TPSA) is 166 Å². The van der Waals surface area contributed by atoms with Crippen molar-refractivity contribution in [3.8, 4) is 17.0 Å². The third kappa shape index (κ3) is 8.94. The molecule has 2 aromatic carbocycles. The quantitative estimate of drug-likeness (QED) is 0.139. The predicted molar refractivity (Wildman–Crippen MR) is 223 cm³/mol. The van der Waals surface area contributed by atoms with Gasteiger partial charge in [0.15, 0.2) is 5.82 Å². The Bertz CT molecular complexity index is 2150. The van der Waals surface area contributed by atoms with E-state index < -0.39 is 17.9 Å². The second-order valence-electron chi connectivity index (χ2n) is 17.0. The third-order valence-electron chi connectivity index (χ3n) is 12.9. The lowest BCUT2D eigenvalue weighted by molar-refractivity contribution is -0.134. The van der Waals surface area contributed by atoms with Gasteiger partial charge >= 0.3 is 0 Å². The van der Waals surface area contributed by atoms with Gasteiger partial charge in [0.25, 0.3) is 5.92 Å². The minimum atomic E-state index is -2.91. The van der Waals surface area contributed by atoms with Crippen molar-refractivity contribution in [1.29, 1.82) is 0 Å². The van der Waals surface area contributed by atoms with E-state index in [4.69, 9.17) is 10.7 Å². The van der Waals surface area contributed by atoms with Crippen LogP contribution in [0.1, 0.15) is 87.8 Å². The van der Waals surface area contributed by atoms with E-state index in [2.05, 4.69) is 37.6 Å². The largest absolute Gasteiger partial charge is 0.507 e. The fourth-order valence-electron chi connectivity index (χ4n) is 9.64. The first-order valence-corrected chi connectivity index (χ1v) is 21.0. The number of alkyl halides is 2. The molecule has 3 aliphatic heterocycles. The Morgan fingerprint density at radius 2 is 1.76 bits per heavy atom. The number of nitrogens with two attached hydrogens (primary N) is 1. The number of carbonyl (C=O) groups is 2. The highest BCUT2D eigenvalue weighted by Crippen LogP contribution is 2.44. The number of amides is 2. The standard InChI is InChI=1S/C44H54F2N10O3/c1-27-10-13-30(25-56(24-27)38-23-36(52-53-41(38)47)33-8-3-4-9-39(33)57)49-43-48-20-18-35(50-43)28-11-14-31(15-12-28)55-21-19-34(44(45,46)26-55)29-6-5-7-32(22-29)54(2)37-16-17-40(58)51-42(37)59/h3-9,18,20,22-23,27-28,30-31,34,37,57H,10-17,19,21,24-26H2,1-2H3,(H2,47,53)(H,48,49,50)(H,51,58,59)/t27-,28?,30+,31?,34-,37?/m0/s1. The maximum Gasteiger partial charge on any atom is 0.267 e. The summed E-state index contributed by atoms with van der Waals surface area (Å²) >= 11 is 0. The van der Waals surface area contributed by atoms with Crippen LogP contribution in [0.2, 0.25) is 0 Å². The van der Waals surface area contributed by atoms with Gasteiger partial charge in [-0.2, -0.15) is 0 Å². The second kappa shape index (κ2) is 17.0. The fraction of sp³-hybridized carbons (Fsp3) is 0.500. The van der Waals surface area contributed by atoms with Gasteiger partial charge in [0, 0.05) is 67.7 Å². The lowest BCUT2D eigenvalue weighted by Crippen LogP contribution is -2.52. The number of carbonyl (C=O) groups excluding carboxylic acids is 2. The molecule has 0 spiro atoms. The smallest absolute Gasteiger partial charge is 0.267 e. The molecular formula is C44H54F2N10O3. The molecule has 4 aliphatic rings. The number of aromatic nitrogens is 4. The highest BCUT2D eigenvalue weighted by molar-refractivity contribution is 6.01. The molecule has 1 aliphatic carbocycles. The van der Waals surface area contributed by atoms with E-state index >= 15 is 8.78 Å². The van der Waals surface area contributed by atoms with Crippen molar-refractivity contribution in [3.05, 3.63) is 78.1 Å². The Hall–Kier alpha value is -5.44. The molecule has 312 valence electrons. The average molecular weight is 809 g/mol. The molecular weight excluding hydrogens is 755 g/mol. The monoisotopic (exact) mass is 808 g/mol. The summed E-state index contributed by atoms with van der Waals surface area (Å²) in [5.41, 5.74) is 10.6. The number of hydrogen-bond acceptors (Lipinski definition) is 12. The third-order valence-corrected chi connectivity index (χ3v) is 12.9. The highest BCUT2D eigenvalue weighted by atomic mass is 19.3. The van der Waals surface area contributed by atoms with Crippen molar-refractivity contribution in [2.45, 2.75) is 101 Å². The summed E-state index contributed by atoms with van der Waals surface area (Å²) in [6.07, 6.45) is 8.11. The molecule has 59 heavy (non-hydrogen) atoms. The number of piperidine rings is 2. The van der Waals surface area contributed by atoms with Crippen molar-refractivity contribution in [1.82, 2.24) is 30.4 Å². The normalized spacial score (nSPS) is 26.5. The molecule has 2 amide bonds. The van der Waals surface area contributed by atoms with E-state index in [0.29, 0.717) is 66.1 Å². The van der Waals surface area contributed by atoms with Crippen molar-refractivity contribution >= 4 is 35.0 Å². The fourth-order valence-corrected chi connectivity index (χ4v) is 9.64. The number of imide groups is 1. The maximum atomic E-state index is 16.0. The molecule has 15 heteroatoms. The summed E-state index contributed by atoms with van der Waals surface area (Å²) in [5.74, 6) is -2.80. The number of aromatic hydroxyl groups is 1. The van der Waals surface area contributed by atoms with Crippen LogP contribution in [0.5, 0.6) is 5.75 Å². The zero-order chi connectivity index (χ0) is 41.3. The Labute approximate surface area is 343 Å². The summed E-state index contributed by atoms with van der Waals surface area (Å²) in [4.78, 5) is 39.8. The molecule has 0 bridgehead atoms. The van der Waals surface area contributed by atoms with E-state index in [1.54, 1.807) is 48.5 Å². The molecule has 1 saturated carbocycles. The summed E-state index contributed by atoms with van der Waals surface area (Å²) in [5, 5.41) is 25.0. The van der Waals surface area contributed by atoms with Crippen LogP contribution in [0.15, 0.2) is 66.9 Å². The molecule has 13 nitrogen and oxygen atoms in total. The molecule has 8 rings (SSSR count). The van der Waals surface area contributed by atoms with Gasteiger partial charge in [0.1, 0.15) is 11.8 Å². The van der Waals surface area contributed by atoms with Gasteiger partial charge in [-0.05, 0) is 106 Å². The molecule has 4 aromatic rings. The minimum absolute atomic E-state index is 0.0467. The van der Waals surface area contributed by atoms with Crippen LogP contribution in [0.25, 0.3) is 11.3 Å². The predicted octanol–water partition coefficient (Wildman–Crippen LogP) is 6.33. The number of nitrogen functional groups attached to an aromatic ring is 1. The van der Waals surface area contributed by atoms with Gasteiger partial charge in [-0.15, -0.1) is 10.2 Å². The Kier molecular flexibility index (Phi) is 11.7. The summed E-state index contributed by atoms with van der Waals surface area (Å²) in [6, 6.07) is 17.7. The number of hydrogen-bond donors (Lipinski definition) is 4. The zero-order valence-corrected chi connectivity index (χ0v) is 33.7. The SMILES string of the molecule is C[C@H]1CC[C@@H](Nc2nccc(C3CCC(N4CC[C@@H](c5cccc(N(C)C6CCC(=O)NC6=O)c5)C(F)(F)C4)CC3)n2)CN(c2cc(-c3ccccc3O)nnc2N)C1. The lowest BCUT2D eigenvalue weighted by Gasteiger charge is -2.44. The number of benzene rings is 2. The zero-order valence-electron chi connectivity index (χ0n) is 33.7. The van der Waals surface area contributed by atoms with Crippen LogP contribution in [-0.4, -0.2) is 99.3 Å². The maximum absolute atomic E-state index is 16.0. The van der Waals surface area contributed by atoms with Crippen LogP contribution >= 0.6 is 0 Å². The number of nitrogens with zero attached hydrogens (tertiary/aromatic N) is 7. The molecule has 2 aromatic heterocycles. The van der Waals surface area contributed by atoms with Gasteiger partial charge in [0.2, 0.25) is 17.8 Å². The van der Waals surface area contributed by atoms with E-state index in [9.17, 15) is 14.7 Å². The molecule has 0 radical (unpaired) electrons. The van der Waals surface area contributed by atoms with E-state index in [-0.39, 0.29) is 48.5 Å². The Morgan fingerprint density at radius 1 is 0.949 bits per heavy atom. The number of likely N-dealkylation sites (N-methyl/N-ethyl adjacent to an activating group) is 1. The second-order valence-corrected chi connectivity index (χ2v) is 17.0. The molecule has 5 N–H and O–H groups in total. The van der Waals surface area contributed by atoms with Crippen molar-refractivity contribution in [2.75, 3.05) is 54.1 Å². The van der Waals surface area contributed by atoms with Crippen molar-refractivity contribution in [2.24, 2.45) is 5.92 Å². The van der Waals surface area contributed by atoms with E-state index in [1.165, 1.54) is 0 Å². The molecule has 4 fully saturated rings. The molecule has 3 saturated heterocycles. The number of likely N-dealkylation sites (tertiary alicyclic amines) is 1. The van der Waals surface area contributed by atoms with Gasteiger partial charge in [0.05, 0.1) is 23.8 Å². The first-order valence-electron chi connectivity index (χ1n) is 21.0. The van der Waals surface area contributed by atoms with Crippen LogP contribution < -0.4 is 26.2 Å². The van der Waals surface area contributed by atoms with E-state index in [1.807, 2.05) is 35.2 Å². The van der Waals surface area contributed by atoms with E-state index in [0.717, 1.165) is 56.5 Å². The minimum Gasteiger partial charge on any atom is -0.507 e. The number of rotatable bonds is 9. The Morgan fingerprint density at radius 3 is 2.54 bits per heavy atom. The van der Waals surface area contributed by atoms with Crippen LogP contribution in [-0.2, 0) is 9.59 Å². The van der Waals surface area contributed by atoms with Gasteiger partial charge < -0.3 is 26.0 Å². The number of phenols is 1. The first-order chi connectivity index (χ1) is 28.4. The summed E-state index contributed by atoms with van der Waals surface area (Å²) in [7, 11) is 1.77.